The summed E-state index contributed by atoms with van der Waals surface area (Å²) in [6.07, 6.45) is 11.9. The topological polar surface area (TPSA) is 70.7 Å². The minimum absolute atomic E-state index is 0.133. The summed E-state index contributed by atoms with van der Waals surface area (Å²) in [6.45, 7) is 6.78. The zero-order valence-corrected chi connectivity index (χ0v) is 17.8. The van der Waals surface area contributed by atoms with Crippen molar-refractivity contribution in [2.24, 2.45) is 0 Å². The third kappa shape index (κ3) is 5.32. The van der Waals surface area contributed by atoms with Crippen molar-refractivity contribution in [3.63, 3.8) is 0 Å². The molecule has 5 heteroatoms. The average molecular weight is 401 g/mol. The number of aromatic nitrogens is 3. The number of rotatable bonds is 8. The summed E-state index contributed by atoms with van der Waals surface area (Å²) < 4.78 is 0. The van der Waals surface area contributed by atoms with Crippen LogP contribution in [0.1, 0.15) is 44.0 Å². The Kier molecular flexibility index (Phi) is 7.33. The lowest BCUT2D eigenvalue weighted by Gasteiger charge is -2.07. The van der Waals surface area contributed by atoms with E-state index in [0.29, 0.717) is 29.1 Å². The van der Waals surface area contributed by atoms with Gasteiger partial charge < -0.3 is 10.3 Å². The third-order valence-electron chi connectivity index (χ3n) is 4.70. The summed E-state index contributed by atoms with van der Waals surface area (Å²) in [5.41, 5.74) is 5.12. The highest BCUT2D eigenvalue weighted by molar-refractivity contribution is 6.04. The highest BCUT2D eigenvalue weighted by atomic mass is 16.1. The number of hydrogen-bond acceptors (Lipinski definition) is 3. The van der Waals surface area contributed by atoms with Gasteiger partial charge in [0.1, 0.15) is 5.82 Å². The molecule has 0 bridgehead atoms. The van der Waals surface area contributed by atoms with Crippen molar-refractivity contribution in [2.75, 3.05) is 6.54 Å². The van der Waals surface area contributed by atoms with E-state index in [4.69, 9.17) is 0 Å². The maximum atomic E-state index is 12.8. The Morgan fingerprint density at radius 1 is 1.20 bits per heavy atom. The second-order valence-corrected chi connectivity index (χ2v) is 7.09. The van der Waals surface area contributed by atoms with Gasteiger partial charge in [0, 0.05) is 18.3 Å². The molecule has 3 aromatic rings. The van der Waals surface area contributed by atoms with Gasteiger partial charge in [-0.05, 0) is 38.3 Å². The first-order chi connectivity index (χ1) is 14.6. The van der Waals surface area contributed by atoms with E-state index in [1.165, 1.54) is 11.1 Å². The zero-order valence-electron chi connectivity index (χ0n) is 17.8. The van der Waals surface area contributed by atoms with Crippen LogP contribution in [0.25, 0.3) is 22.6 Å². The molecular weight excluding hydrogens is 372 g/mol. The molecule has 0 saturated heterocycles. The Morgan fingerprint density at radius 3 is 2.73 bits per heavy atom. The number of pyridine rings is 1. The van der Waals surface area contributed by atoms with Crippen molar-refractivity contribution in [3.8, 4) is 11.4 Å². The van der Waals surface area contributed by atoms with E-state index in [9.17, 15) is 4.79 Å². The zero-order chi connectivity index (χ0) is 21.3. The largest absolute Gasteiger partial charge is 0.352 e. The van der Waals surface area contributed by atoms with Gasteiger partial charge in [0.15, 0.2) is 5.65 Å². The maximum Gasteiger partial charge on any atom is 0.253 e. The number of hydrogen-bond donors (Lipinski definition) is 2. The first-order valence-electron chi connectivity index (χ1n) is 10.3. The molecule has 0 spiro atoms. The van der Waals surface area contributed by atoms with Crippen molar-refractivity contribution in [2.45, 2.75) is 33.6 Å². The van der Waals surface area contributed by atoms with Gasteiger partial charge in [0.25, 0.3) is 5.91 Å². The molecule has 0 fully saturated rings. The quantitative estimate of drug-likeness (QED) is 0.483. The number of amides is 1. The summed E-state index contributed by atoms with van der Waals surface area (Å²) >= 11 is 0. The Morgan fingerprint density at radius 2 is 2.00 bits per heavy atom. The van der Waals surface area contributed by atoms with Crippen LogP contribution < -0.4 is 5.32 Å². The summed E-state index contributed by atoms with van der Waals surface area (Å²) in [5, 5.41) is 3.03. The van der Waals surface area contributed by atoms with Crippen LogP contribution in [0, 0.1) is 0 Å². The summed E-state index contributed by atoms with van der Waals surface area (Å²) in [7, 11) is 0. The van der Waals surface area contributed by atoms with Gasteiger partial charge in [0.05, 0.1) is 11.1 Å². The highest BCUT2D eigenvalue weighted by Gasteiger charge is 2.14. The van der Waals surface area contributed by atoms with Crippen molar-refractivity contribution >= 4 is 17.1 Å². The number of imidazole rings is 1. The Labute approximate surface area is 177 Å². The first kappa shape index (κ1) is 21.2. The number of allylic oxidation sites excluding steroid dienone is 5. The highest BCUT2D eigenvalue weighted by Crippen LogP contribution is 2.21. The molecule has 5 nitrogen and oxygen atoms in total. The molecule has 2 heterocycles. The molecule has 1 aromatic carbocycles. The second-order valence-electron chi connectivity index (χ2n) is 7.09. The van der Waals surface area contributed by atoms with Gasteiger partial charge in [-0.25, -0.2) is 9.97 Å². The van der Waals surface area contributed by atoms with Crippen LogP contribution in [-0.2, 0) is 0 Å². The molecule has 0 aliphatic heterocycles. The molecule has 0 aliphatic rings. The fraction of sp³-hybridized carbons (Fsp3) is 0.240. The number of aromatic amines is 1. The van der Waals surface area contributed by atoms with Gasteiger partial charge in [-0.15, -0.1) is 0 Å². The molecule has 2 N–H and O–H groups in total. The molecular formula is C25H28N4O. The Bertz CT molecular complexity index is 1090. The monoisotopic (exact) mass is 400 g/mol. The minimum Gasteiger partial charge on any atom is -0.352 e. The van der Waals surface area contributed by atoms with E-state index in [1.807, 2.05) is 43.3 Å². The predicted molar refractivity (Wildman–Crippen MR) is 123 cm³/mol. The first-order valence-corrected chi connectivity index (χ1v) is 10.3. The molecule has 0 atom stereocenters. The molecule has 1 amide bonds. The van der Waals surface area contributed by atoms with Gasteiger partial charge in [-0.1, -0.05) is 67.1 Å². The lowest BCUT2D eigenvalue weighted by atomic mass is 10.1. The number of fused-ring (bicyclic) bond motifs is 1. The molecule has 3 rings (SSSR count). The van der Waals surface area contributed by atoms with Gasteiger partial charge in [0.2, 0.25) is 0 Å². The van der Waals surface area contributed by atoms with Crippen LogP contribution in [-0.4, -0.2) is 27.4 Å². The normalized spacial score (nSPS) is 12.6. The van der Waals surface area contributed by atoms with E-state index < -0.39 is 0 Å². The van der Waals surface area contributed by atoms with Crippen LogP contribution in [0.15, 0.2) is 78.0 Å². The standard InChI is InChI=1S/C25H28N4O/c1-4-9-18(3)17-19(10-5-2)13-15-27-25(30)21-14-16-26-24-22(21)28-23(29-24)20-11-7-6-8-12-20/h5-12,14,16-17H,4,13,15H2,1-3H3,(H,27,30)(H,26,28,29)/b10-5-,18-9+,19-17+. The lowest BCUT2D eigenvalue weighted by Crippen LogP contribution is -2.25. The fourth-order valence-electron chi connectivity index (χ4n) is 3.34. The van der Waals surface area contributed by atoms with E-state index >= 15 is 0 Å². The van der Waals surface area contributed by atoms with Crippen molar-refractivity contribution in [3.05, 3.63) is 83.6 Å². The molecule has 0 radical (unpaired) electrons. The predicted octanol–water partition coefficient (Wildman–Crippen LogP) is 5.60. The van der Waals surface area contributed by atoms with E-state index in [1.54, 1.807) is 12.3 Å². The van der Waals surface area contributed by atoms with Crippen molar-refractivity contribution in [1.29, 1.82) is 0 Å². The number of nitrogens with zero attached hydrogens (tertiary/aromatic N) is 2. The van der Waals surface area contributed by atoms with Gasteiger partial charge >= 0.3 is 0 Å². The molecule has 2 aromatic heterocycles. The minimum atomic E-state index is -0.133. The summed E-state index contributed by atoms with van der Waals surface area (Å²) in [4.78, 5) is 24.9. The van der Waals surface area contributed by atoms with Gasteiger partial charge in [-0.3, -0.25) is 4.79 Å². The lowest BCUT2D eigenvalue weighted by molar-refractivity contribution is 0.0955. The average Bonchev–Trinajstić information content (AvgIpc) is 3.19. The van der Waals surface area contributed by atoms with Gasteiger partial charge in [-0.2, -0.15) is 0 Å². The number of H-pyrrole nitrogens is 1. The van der Waals surface area contributed by atoms with Crippen LogP contribution in [0.5, 0.6) is 0 Å². The smallest absolute Gasteiger partial charge is 0.253 e. The number of nitrogens with one attached hydrogen (secondary N) is 2. The van der Waals surface area contributed by atoms with Crippen molar-refractivity contribution in [1.82, 2.24) is 20.3 Å². The Hall–Kier alpha value is -3.47. The fourth-order valence-corrected chi connectivity index (χ4v) is 3.34. The van der Waals surface area contributed by atoms with Crippen LogP contribution in [0.2, 0.25) is 0 Å². The van der Waals surface area contributed by atoms with Crippen molar-refractivity contribution < 1.29 is 4.79 Å². The van der Waals surface area contributed by atoms with Crippen LogP contribution in [0.4, 0.5) is 0 Å². The van der Waals surface area contributed by atoms with Crippen LogP contribution in [0.3, 0.4) is 0 Å². The maximum absolute atomic E-state index is 12.8. The van der Waals surface area contributed by atoms with E-state index in [0.717, 1.165) is 18.4 Å². The third-order valence-corrected chi connectivity index (χ3v) is 4.70. The second kappa shape index (κ2) is 10.3. The number of benzene rings is 1. The van der Waals surface area contributed by atoms with E-state index in [2.05, 4.69) is 52.3 Å². The van der Waals surface area contributed by atoms with Crippen LogP contribution >= 0.6 is 0 Å². The Balaban J connectivity index is 1.74. The molecule has 0 saturated carbocycles. The molecule has 30 heavy (non-hydrogen) atoms. The number of carbonyl (C=O) groups is 1. The summed E-state index contributed by atoms with van der Waals surface area (Å²) in [5.74, 6) is 0.571. The number of carbonyl (C=O) groups excluding carboxylic acids is 1. The molecule has 0 aliphatic carbocycles. The molecule has 0 unspecified atom stereocenters. The molecule has 154 valence electrons. The summed E-state index contributed by atoms with van der Waals surface area (Å²) in [6, 6.07) is 11.5. The SMILES string of the molecule is C\C=C/C(=C\C(C)=C\CC)CCNC(=O)c1ccnc2nc(-c3ccccc3)[nH]c12. The van der Waals surface area contributed by atoms with E-state index in [-0.39, 0.29) is 5.91 Å².